The van der Waals surface area contributed by atoms with Gasteiger partial charge in [0.05, 0.1) is 24.8 Å². The van der Waals surface area contributed by atoms with Crippen LogP contribution in [0.5, 0.6) is 0 Å². The second-order valence-electron chi connectivity index (χ2n) is 4.91. The summed E-state index contributed by atoms with van der Waals surface area (Å²) in [6, 6.07) is 1.55. The molecule has 3 N–H and O–H groups in total. The van der Waals surface area contributed by atoms with Gasteiger partial charge in [-0.3, -0.25) is 9.59 Å². The fourth-order valence-electron chi connectivity index (χ4n) is 2.14. The van der Waals surface area contributed by atoms with Crippen molar-refractivity contribution in [1.82, 2.24) is 20.3 Å². The number of aromatic nitrogens is 2. The summed E-state index contributed by atoms with van der Waals surface area (Å²) in [5.41, 5.74) is 2.39. The van der Waals surface area contributed by atoms with Crippen LogP contribution in [-0.2, 0) is 16.2 Å². The van der Waals surface area contributed by atoms with Crippen LogP contribution in [0.15, 0.2) is 17.1 Å². The first-order valence-electron chi connectivity index (χ1n) is 6.76. The van der Waals surface area contributed by atoms with Crippen molar-refractivity contribution in [3.05, 3.63) is 22.6 Å². The van der Waals surface area contributed by atoms with Crippen molar-refractivity contribution in [3.63, 3.8) is 0 Å². The summed E-state index contributed by atoms with van der Waals surface area (Å²) in [5.74, 6) is 4.31. The lowest BCUT2D eigenvalue weighted by molar-refractivity contribution is -0.151. The lowest BCUT2D eigenvalue weighted by atomic mass is 10.3. The number of hydrazine groups is 1. The lowest BCUT2D eigenvalue weighted by Gasteiger charge is -2.33. The van der Waals surface area contributed by atoms with E-state index >= 15 is 0 Å². The van der Waals surface area contributed by atoms with Gasteiger partial charge in [0.15, 0.2) is 0 Å². The molecule has 9 heteroatoms. The van der Waals surface area contributed by atoms with Gasteiger partial charge < -0.3 is 14.6 Å². The third-order valence-electron chi connectivity index (χ3n) is 3.42. The number of piperazine rings is 1. The molecule has 0 aliphatic carbocycles. The zero-order valence-electron chi connectivity index (χ0n) is 12.0. The standard InChI is InChI=1S/C12H20N6O3/c1-16-4-6-17(7-5-16)10-8-11(19)18(14-9-10)3-2-12(20)21-15-13/h8-9,15H,2-7,13H2,1H3. The summed E-state index contributed by atoms with van der Waals surface area (Å²) in [5, 5.41) is 4.09. The normalized spacial score (nSPS) is 16.0. The van der Waals surface area contributed by atoms with Crippen molar-refractivity contribution in [1.29, 1.82) is 0 Å². The average molecular weight is 296 g/mol. The predicted octanol–water partition coefficient (Wildman–Crippen LogP) is -1.69. The van der Waals surface area contributed by atoms with Gasteiger partial charge in [0.2, 0.25) is 0 Å². The van der Waals surface area contributed by atoms with E-state index in [9.17, 15) is 9.59 Å². The Morgan fingerprint density at radius 1 is 1.43 bits per heavy atom. The van der Waals surface area contributed by atoms with Gasteiger partial charge in [0.25, 0.3) is 5.56 Å². The molecule has 0 radical (unpaired) electrons. The van der Waals surface area contributed by atoms with E-state index in [1.54, 1.807) is 17.9 Å². The number of nitrogens with two attached hydrogens (primary N) is 1. The molecule has 0 aromatic carbocycles. The third-order valence-corrected chi connectivity index (χ3v) is 3.42. The first-order chi connectivity index (χ1) is 10.1. The van der Waals surface area contributed by atoms with Gasteiger partial charge in [-0.2, -0.15) is 5.10 Å². The molecule has 1 aliphatic heterocycles. The number of nitrogens with one attached hydrogen (secondary N) is 1. The second kappa shape index (κ2) is 7.16. The first-order valence-corrected chi connectivity index (χ1v) is 6.76. The molecule has 2 heterocycles. The van der Waals surface area contributed by atoms with E-state index in [1.807, 2.05) is 0 Å². The topological polar surface area (TPSA) is 106 Å². The summed E-state index contributed by atoms with van der Waals surface area (Å²) in [7, 11) is 2.07. The molecule has 0 saturated carbocycles. The molecule has 0 bridgehead atoms. The van der Waals surface area contributed by atoms with Crippen molar-refractivity contribution >= 4 is 11.7 Å². The molecule has 1 fully saturated rings. The molecule has 1 aromatic heterocycles. The van der Waals surface area contributed by atoms with Gasteiger partial charge in [-0.25, -0.2) is 10.5 Å². The number of aryl methyl sites for hydroxylation is 1. The zero-order valence-corrected chi connectivity index (χ0v) is 12.0. The Morgan fingerprint density at radius 2 is 2.14 bits per heavy atom. The summed E-state index contributed by atoms with van der Waals surface area (Å²) >= 11 is 0. The molecule has 1 saturated heterocycles. The van der Waals surface area contributed by atoms with Crippen LogP contribution in [0, 0.1) is 0 Å². The Balaban J connectivity index is 1.97. The average Bonchev–Trinajstić information content (AvgIpc) is 2.47. The van der Waals surface area contributed by atoms with E-state index in [0.717, 1.165) is 31.9 Å². The van der Waals surface area contributed by atoms with Crippen LogP contribution in [0.1, 0.15) is 6.42 Å². The number of carbonyl (C=O) groups is 1. The molecule has 21 heavy (non-hydrogen) atoms. The molecule has 0 unspecified atom stereocenters. The molecular weight excluding hydrogens is 276 g/mol. The molecule has 0 spiro atoms. The van der Waals surface area contributed by atoms with Crippen LogP contribution in [-0.4, -0.2) is 53.9 Å². The van der Waals surface area contributed by atoms with E-state index in [2.05, 4.69) is 26.8 Å². The van der Waals surface area contributed by atoms with Crippen molar-refractivity contribution in [3.8, 4) is 0 Å². The Morgan fingerprint density at radius 3 is 2.76 bits per heavy atom. The number of rotatable bonds is 5. The Bertz CT molecular complexity index is 538. The fraction of sp³-hybridized carbons (Fsp3) is 0.583. The van der Waals surface area contributed by atoms with Crippen LogP contribution < -0.4 is 21.9 Å². The van der Waals surface area contributed by atoms with Gasteiger partial charge in [0, 0.05) is 32.2 Å². The maximum atomic E-state index is 12.0. The van der Waals surface area contributed by atoms with Crippen LogP contribution in [0.3, 0.4) is 0 Å². The maximum Gasteiger partial charge on any atom is 0.328 e. The number of hydrogen-bond donors (Lipinski definition) is 2. The number of hydrogen-bond acceptors (Lipinski definition) is 8. The SMILES string of the molecule is CN1CCN(c2cnn(CCC(=O)ONN)c(=O)c2)CC1. The number of anilines is 1. The van der Waals surface area contributed by atoms with E-state index in [1.165, 1.54) is 4.68 Å². The molecule has 1 aromatic rings. The molecule has 9 nitrogen and oxygen atoms in total. The van der Waals surface area contributed by atoms with Crippen LogP contribution in [0.4, 0.5) is 5.69 Å². The third kappa shape index (κ3) is 4.25. The minimum absolute atomic E-state index is 0.0188. The van der Waals surface area contributed by atoms with Crippen molar-refractivity contribution in [2.75, 3.05) is 38.1 Å². The minimum atomic E-state index is -0.547. The van der Waals surface area contributed by atoms with Crippen LogP contribution in [0.2, 0.25) is 0 Å². The smallest absolute Gasteiger partial charge is 0.328 e. The number of nitrogens with zero attached hydrogens (tertiary/aromatic N) is 4. The second-order valence-corrected chi connectivity index (χ2v) is 4.91. The van der Waals surface area contributed by atoms with Crippen LogP contribution in [0.25, 0.3) is 0 Å². The molecule has 1 aliphatic rings. The van der Waals surface area contributed by atoms with Crippen LogP contribution >= 0.6 is 0 Å². The van der Waals surface area contributed by atoms with E-state index in [-0.39, 0.29) is 18.5 Å². The lowest BCUT2D eigenvalue weighted by Crippen LogP contribution is -2.45. The first kappa shape index (κ1) is 15.4. The molecule has 0 amide bonds. The Hall–Kier alpha value is -1.97. The summed E-state index contributed by atoms with van der Waals surface area (Å²) in [4.78, 5) is 31.9. The highest BCUT2D eigenvalue weighted by molar-refractivity contribution is 5.68. The Kier molecular flexibility index (Phi) is 5.26. The van der Waals surface area contributed by atoms with Crippen molar-refractivity contribution in [2.24, 2.45) is 5.84 Å². The number of likely N-dealkylation sites (N-methyl/N-ethyl adjacent to an activating group) is 1. The van der Waals surface area contributed by atoms with Gasteiger partial charge in [0.1, 0.15) is 0 Å². The van der Waals surface area contributed by atoms with Gasteiger partial charge in [-0.05, 0) is 7.05 Å². The quantitative estimate of drug-likeness (QED) is 0.489. The molecule has 2 rings (SSSR count). The summed E-state index contributed by atoms with van der Waals surface area (Å²) < 4.78 is 1.23. The highest BCUT2D eigenvalue weighted by Gasteiger charge is 2.15. The largest absolute Gasteiger partial charge is 0.368 e. The minimum Gasteiger partial charge on any atom is -0.368 e. The van der Waals surface area contributed by atoms with E-state index in [4.69, 9.17) is 5.84 Å². The van der Waals surface area contributed by atoms with E-state index in [0.29, 0.717) is 0 Å². The highest BCUT2D eigenvalue weighted by Crippen LogP contribution is 2.12. The molecule has 0 atom stereocenters. The Labute approximate surface area is 122 Å². The van der Waals surface area contributed by atoms with Gasteiger partial charge in [-0.1, -0.05) is 5.59 Å². The van der Waals surface area contributed by atoms with Gasteiger partial charge >= 0.3 is 5.97 Å². The zero-order chi connectivity index (χ0) is 15.2. The fourth-order valence-corrected chi connectivity index (χ4v) is 2.14. The number of carbonyl (C=O) groups excluding carboxylic acids is 1. The summed E-state index contributed by atoms with van der Waals surface area (Å²) in [6.45, 7) is 3.82. The molecular formula is C12H20N6O3. The predicted molar refractivity (Wildman–Crippen MR) is 76.2 cm³/mol. The monoisotopic (exact) mass is 296 g/mol. The molecule has 116 valence electrons. The summed E-state index contributed by atoms with van der Waals surface area (Å²) in [6.07, 6.45) is 1.67. The van der Waals surface area contributed by atoms with E-state index < -0.39 is 5.97 Å². The highest BCUT2D eigenvalue weighted by atomic mass is 16.7. The van der Waals surface area contributed by atoms with Crippen molar-refractivity contribution in [2.45, 2.75) is 13.0 Å². The van der Waals surface area contributed by atoms with Crippen molar-refractivity contribution < 1.29 is 9.63 Å². The van der Waals surface area contributed by atoms with Gasteiger partial charge in [-0.15, -0.1) is 0 Å². The maximum absolute atomic E-state index is 12.0.